The van der Waals surface area contributed by atoms with Gasteiger partial charge in [0, 0.05) is 88.9 Å². The largest absolute Gasteiger partial charge is 0.500 e. The minimum absolute atomic E-state index is 0.717. The predicted octanol–water partition coefficient (Wildman–Crippen LogP) is 14.7. The Labute approximate surface area is 396 Å². The molecule has 0 spiro atoms. The van der Waals surface area contributed by atoms with Crippen LogP contribution in [0.15, 0.2) is 133 Å². The lowest BCUT2D eigenvalue weighted by atomic mass is 9.98. The van der Waals surface area contributed by atoms with E-state index < -0.39 is 17.6 Å². The molecule has 0 saturated carbocycles. The smallest absolute Gasteiger partial charge is 0.377 e. The Balaban J connectivity index is 1.28. The molecule has 10 heteroatoms. The zero-order valence-corrected chi connectivity index (χ0v) is 43.0. The van der Waals surface area contributed by atoms with Crippen molar-refractivity contribution in [2.45, 2.75) is 66.5 Å². The Morgan fingerprint density at radius 2 is 0.697 bits per heavy atom. The lowest BCUT2D eigenvalue weighted by Gasteiger charge is -2.29. The highest BCUT2D eigenvalue weighted by molar-refractivity contribution is 6.61. The van der Waals surface area contributed by atoms with Gasteiger partial charge in [0.25, 0.3) is 0 Å². The van der Waals surface area contributed by atoms with Gasteiger partial charge in [-0.15, -0.1) is 0 Å². The molecule has 0 aliphatic heterocycles. The van der Waals surface area contributed by atoms with E-state index in [1.54, 1.807) is 42.7 Å². The summed E-state index contributed by atoms with van der Waals surface area (Å²) in [6.45, 7) is 13.1. The van der Waals surface area contributed by atoms with Crippen LogP contribution in [0.5, 0.6) is 0 Å². The van der Waals surface area contributed by atoms with E-state index in [0.717, 1.165) is 58.1 Å². The highest BCUT2D eigenvalue weighted by Gasteiger charge is 2.37. The quantitative estimate of drug-likeness (QED) is 0.0662. The second-order valence-corrected chi connectivity index (χ2v) is 23.0. The minimum atomic E-state index is -2.61. The fraction of sp³-hybridized carbons (Fsp3) is 0.286. The van der Waals surface area contributed by atoms with E-state index in [-0.39, 0.29) is 0 Å². The highest BCUT2D eigenvalue weighted by atomic mass is 28.4. The van der Waals surface area contributed by atoms with Crippen molar-refractivity contribution in [1.29, 1.82) is 0 Å². The number of rotatable bonds is 21. The van der Waals surface area contributed by atoms with Gasteiger partial charge < -0.3 is 36.4 Å². The molecule has 8 nitrogen and oxygen atoms in total. The second-order valence-electron chi connectivity index (χ2n) is 16.9. The van der Waals surface area contributed by atoms with E-state index >= 15 is 0 Å². The highest BCUT2D eigenvalue weighted by Crippen LogP contribution is 2.42. The Hall–Kier alpha value is -5.41. The molecule has 6 aromatic carbocycles. The van der Waals surface area contributed by atoms with Gasteiger partial charge in [-0.05, 0) is 183 Å². The van der Waals surface area contributed by atoms with Gasteiger partial charge in [0.15, 0.2) is 0 Å². The van der Waals surface area contributed by atoms with Crippen molar-refractivity contribution < 1.29 is 26.6 Å². The van der Waals surface area contributed by atoms with Crippen LogP contribution >= 0.6 is 0 Å². The van der Waals surface area contributed by atoms with Crippen molar-refractivity contribution in [3.63, 3.8) is 0 Å². The first-order valence-electron chi connectivity index (χ1n) is 22.6. The SMILES string of the molecule is CO[Si](CC/C=C/c1ccc(N(c2ccc(C)c(C)c2)c2ccc(-c3ccc(N(c4ccc(/C=C/CC[Si](OC)(OC)OC)cc4)c4ccc(C)c(C)c4)c(C)c3)cc2C)cc1)(OC)OC. The number of nitrogens with zero attached hydrogens (tertiary/aromatic N) is 2. The van der Waals surface area contributed by atoms with Crippen LogP contribution in [-0.4, -0.2) is 60.3 Å². The molecular formula is C56H68N2O6Si2. The van der Waals surface area contributed by atoms with E-state index in [9.17, 15) is 0 Å². The maximum absolute atomic E-state index is 5.60. The number of anilines is 6. The molecule has 0 saturated heterocycles. The summed E-state index contributed by atoms with van der Waals surface area (Å²) < 4.78 is 33.6. The normalized spacial score (nSPS) is 12.1. The number of allylic oxidation sites excluding steroid dienone is 2. The summed E-state index contributed by atoms with van der Waals surface area (Å²) in [5.74, 6) is 0. The van der Waals surface area contributed by atoms with Crippen LogP contribution in [0, 0.1) is 41.5 Å². The summed E-state index contributed by atoms with van der Waals surface area (Å²) in [5.41, 5.74) is 18.7. The summed E-state index contributed by atoms with van der Waals surface area (Å²) in [7, 11) is 4.70. The third-order valence-electron chi connectivity index (χ3n) is 12.7. The predicted molar refractivity (Wildman–Crippen MR) is 280 cm³/mol. The maximum Gasteiger partial charge on any atom is 0.500 e. The van der Waals surface area contributed by atoms with Gasteiger partial charge in [0.1, 0.15) is 0 Å². The van der Waals surface area contributed by atoms with Gasteiger partial charge in [0.05, 0.1) is 0 Å². The van der Waals surface area contributed by atoms with Crippen molar-refractivity contribution >= 4 is 63.9 Å². The van der Waals surface area contributed by atoms with Crippen LogP contribution in [0.25, 0.3) is 23.3 Å². The zero-order chi connectivity index (χ0) is 47.4. The van der Waals surface area contributed by atoms with E-state index in [1.165, 1.54) is 44.5 Å². The summed E-state index contributed by atoms with van der Waals surface area (Å²) in [4.78, 5) is 4.73. The van der Waals surface area contributed by atoms with Crippen LogP contribution in [0.2, 0.25) is 12.1 Å². The van der Waals surface area contributed by atoms with Gasteiger partial charge in [-0.2, -0.15) is 0 Å². The standard InChI is InChI=1S/C56H68N2O6Si2/c1-41-19-27-53(39-43(41)3)57(51-29-21-47(22-30-51)17-13-15-35-65(59-7,60-8)61-9)55-33-25-49(37-45(55)5)50-26-34-56(46(6)38-50)58(54-28-20-42(2)44(4)40-54)52-31-23-48(24-32-52)18-14-16-36-66(62-10,63-11)64-12/h13-14,17-34,37-40H,15-16,35-36H2,1-12H3/b17-13+,18-14+. The van der Waals surface area contributed by atoms with Crippen LogP contribution in [0.4, 0.5) is 34.1 Å². The van der Waals surface area contributed by atoms with E-state index in [4.69, 9.17) is 26.6 Å². The van der Waals surface area contributed by atoms with Gasteiger partial charge in [-0.3, -0.25) is 0 Å². The number of benzene rings is 6. The molecular weight excluding hydrogens is 853 g/mol. The third kappa shape index (κ3) is 11.8. The molecule has 0 fully saturated rings. The lowest BCUT2D eigenvalue weighted by molar-refractivity contribution is 0.123. The first-order valence-corrected chi connectivity index (χ1v) is 26.5. The van der Waals surface area contributed by atoms with E-state index in [1.807, 2.05) is 0 Å². The van der Waals surface area contributed by atoms with Crippen molar-refractivity contribution in [1.82, 2.24) is 0 Å². The lowest BCUT2D eigenvalue weighted by Crippen LogP contribution is -2.42. The molecule has 0 aromatic heterocycles. The Kier molecular flexibility index (Phi) is 17.3. The molecule has 0 aliphatic carbocycles. The fourth-order valence-electron chi connectivity index (χ4n) is 8.30. The molecule has 0 aliphatic rings. The first kappa shape index (κ1) is 50.0. The van der Waals surface area contributed by atoms with Crippen molar-refractivity contribution in [2.24, 2.45) is 0 Å². The summed E-state index contributed by atoms with van der Waals surface area (Å²) in [6, 6.07) is 46.0. The van der Waals surface area contributed by atoms with Crippen molar-refractivity contribution in [3.8, 4) is 11.1 Å². The number of aryl methyl sites for hydroxylation is 6. The maximum atomic E-state index is 5.60. The minimum Gasteiger partial charge on any atom is -0.377 e. The summed E-state index contributed by atoms with van der Waals surface area (Å²) >= 11 is 0. The Morgan fingerprint density at radius 3 is 1.00 bits per heavy atom. The van der Waals surface area contributed by atoms with E-state index in [2.05, 4.69) is 197 Å². The molecule has 66 heavy (non-hydrogen) atoms. The van der Waals surface area contributed by atoms with Crippen molar-refractivity contribution in [3.05, 3.63) is 178 Å². The molecule has 0 bridgehead atoms. The molecule has 0 N–H and O–H groups in total. The van der Waals surface area contributed by atoms with Gasteiger partial charge >= 0.3 is 17.6 Å². The molecule has 0 atom stereocenters. The molecule has 346 valence electrons. The van der Waals surface area contributed by atoms with Crippen LogP contribution < -0.4 is 9.80 Å². The zero-order valence-electron chi connectivity index (χ0n) is 41.0. The average molecular weight is 921 g/mol. The number of hydrogen-bond donors (Lipinski definition) is 0. The van der Waals surface area contributed by atoms with Crippen LogP contribution in [-0.2, 0) is 26.6 Å². The van der Waals surface area contributed by atoms with E-state index in [0.29, 0.717) is 12.1 Å². The van der Waals surface area contributed by atoms with Crippen molar-refractivity contribution in [2.75, 3.05) is 52.5 Å². The third-order valence-corrected chi connectivity index (χ3v) is 18.3. The Morgan fingerprint density at radius 1 is 0.364 bits per heavy atom. The number of hydrogen-bond acceptors (Lipinski definition) is 8. The molecule has 0 heterocycles. The fourth-order valence-corrected chi connectivity index (χ4v) is 11.6. The van der Waals surface area contributed by atoms with Gasteiger partial charge in [-0.25, -0.2) is 0 Å². The van der Waals surface area contributed by atoms with Gasteiger partial charge in [-0.1, -0.05) is 72.8 Å². The average Bonchev–Trinajstić information content (AvgIpc) is 3.34. The topological polar surface area (TPSA) is 61.9 Å². The molecule has 6 aromatic rings. The summed E-state index contributed by atoms with van der Waals surface area (Å²) in [5, 5.41) is 0. The second kappa shape index (κ2) is 22.9. The Bertz CT molecular complexity index is 2400. The summed E-state index contributed by atoms with van der Waals surface area (Å²) in [6.07, 6.45) is 10.2. The molecule has 0 radical (unpaired) electrons. The monoisotopic (exact) mass is 920 g/mol. The first-order chi connectivity index (χ1) is 31.8. The van der Waals surface area contributed by atoms with Crippen LogP contribution in [0.1, 0.15) is 57.3 Å². The molecule has 0 unspecified atom stereocenters. The van der Waals surface area contributed by atoms with Crippen LogP contribution in [0.3, 0.4) is 0 Å². The molecule has 0 amide bonds. The van der Waals surface area contributed by atoms with Gasteiger partial charge in [0.2, 0.25) is 0 Å². The molecule has 6 rings (SSSR count).